The molecular weight excluding hydrogens is 344 g/mol. The van der Waals surface area contributed by atoms with Crippen molar-refractivity contribution in [1.29, 1.82) is 0 Å². The molecule has 0 radical (unpaired) electrons. The van der Waals surface area contributed by atoms with E-state index < -0.39 is 0 Å². The van der Waals surface area contributed by atoms with E-state index in [4.69, 9.17) is 0 Å². The van der Waals surface area contributed by atoms with Crippen LogP contribution in [0, 0.1) is 0 Å². The van der Waals surface area contributed by atoms with Crippen LogP contribution in [-0.2, 0) is 17.8 Å². The highest BCUT2D eigenvalue weighted by Crippen LogP contribution is 2.19. The molecule has 1 aromatic heterocycles. The van der Waals surface area contributed by atoms with Crippen LogP contribution in [0.1, 0.15) is 11.4 Å². The first-order valence-corrected chi connectivity index (χ1v) is 8.44. The molecule has 0 aliphatic carbocycles. The molecule has 0 aliphatic rings. The van der Waals surface area contributed by atoms with Crippen LogP contribution in [0.5, 0.6) is 0 Å². The van der Waals surface area contributed by atoms with Crippen LogP contribution in [0.15, 0.2) is 54.6 Å². The Morgan fingerprint density at radius 2 is 1.67 bits per heavy atom. The molecule has 0 saturated heterocycles. The van der Waals surface area contributed by atoms with Gasteiger partial charge in [-0.15, -0.1) is 9.78 Å². The lowest BCUT2D eigenvalue weighted by atomic mass is 10.0. The van der Waals surface area contributed by atoms with Crippen LogP contribution >= 0.6 is 0 Å². The minimum Gasteiger partial charge on any atom is -0.348 e. The van der Waals surface area contributed by atoms with E-state index in [2.05, 4.69) is 20.8 Å². The smallest absolute Gasteiger partial charge is 0.347 e. The average Bonchev–Trinajstić information content (AvgIpc) is 3.15. The molecule has 1 N–H and O–H groups in total. The van der Waals surface area contributed by atoms with Gasteiger partial charge in [-0.1, -0.05) is 54.6 Å². The van der Waals surface area contributed by atoms with Gasteiger partial charge in [-0.25, -0.2) is 4.79 Å². The zero-order valence-corrected chi connectivity index (χ0v) is 15.2. The first-order valence-electron chi connectivity index (χ1n) is 8.44. The fourth-order valence-corrected chi connectivity index (χ4v) is 2.53. The summed E-state index contributed by atoms with van der Waals surface area (Å²) in [6.45, 7) is 0.0769. The molecule has 2 aromatic carbocycles. The fourth-order valence-electron chi connectivity index (χ4n) is 2.53. The van der Waals surface area contributed by atoms with E-state index in [1.165, 1.54) is 4.90 Å². The van der Waals surface area contributed by atoms with E-state index in [0.29, 0.717) is 0 Å². The number of aromatic nitrogens is 4. The number of tetrazole rings is 1. The first-order chi connectivity index (χ1) is 13.0. The number of carbonyl (C=O) groups is 2. The second kappa shape index (κ2) is 8.22. The Morgan fingerprint density at radius 1 is 1.00 bits per heavy atom. The van der Waals surface area contributed by atoms with Crippen molar-refractivity contribution in [1.82, 2.24) is 30.4 Å². The summed E-state index contributed by atoms with van der Waals surface area (Å²) in [5.41, 5.74) is 3.13. The third kappa shape index (κ3) is 4.55. The van der Waals surface area contributed by atoms with E-state index in [1.54, 1.807) is 14.1 Å². The van der Waals surface area contributed by atoms with E-state index in [9.17, 15) is 9.59 Å². The molecule has 0 atom stereocenters. The van der Waals surface area contributed by atoms with Crippen LogP contribution < -0.4 is 5.32 Å². The Bertz CT molecular complexity index is 919. The molecular formula is C19H20N6O2. The first kappa shape index (κ1) is 18.2. The Labute approximate surface area is 156 Å². The molecule has 8 heteroatoms. The Balaban J connectivity index is 1.57. The van der Waals surface area contributed by atoms with Crippen molar-refractivity contribution in [3.63, 3.8) is 0 Å². The molecule has 8 nitrogen and oxygen atoms in total. The van der Waals surface area contributed by atoms with Gasteiger partial charge in [0.15, 0.2) is 5.82 Å². The van der Waals surface area contributed by atoms with Gasteiger partial charge in [0, 0.05) is 14.1 Å². The van der Waals surface area contributed by atoms with Gasteiger partial charge in [-0.3, -0.25) is 4.79 Å². The summed E-state index contributed by atoms with van der Waals surface area (Å²) < 4.78 is 1.06. The number of nitrogens with one attached hydrogen (secondary N) is 1. The molecule has 0 saturated carbocycles. The summed E-state index contributed by atoms with van der Waals surface area (Å²) in [7, 11) is 3.21. The molecule has 0 bridgehead atoms. The number of nitrogens with zero attached hydrogens (tertiary/aromatic N) is 5. The van der Waals surface area contributed by atoms with Gasteiger partial charge < -0.3 is 10.2 Å². The highest BCUT2D eigenvalue weighted by molar-refractivity contribution is 5.79. The molecule has 0 unspecified atom stereocenters. The summed E-state index contributed by atoms with van der Waals surface area (Å²) in [6.07, 6.45) is 0.234. The van der Waals surface area contributed by atoms with E-state index >= 15 is 0 Å². The van der Waals surface area contributed by atoms with Crippen molar-refractivity contribution in [2.75, 3.05) is 14.1 Å². The minimum atomic E-state index is -0.374. The molecule has 0 fully saturated rings. The topological polar surface area (TPSA) is 93.0 Å². The van der Waals surface area contributed by atoms with E-state index in [1.807, 2.05) is 54.6 Å². The summed E-state index contributed by atoms with van der Waals surface area (Å²) in [6, 6.07) is 17.5. The van der Waals surface area contributed by atoms with E-state index in [-0.39, 0.29) is 30.7 Å². The third-order valence-electron chi connectivity index (χ3n) is 3.97. The van der Waals surface area contributed by atoms with Crippen molar-refractivity contribution >= 4 is 11.9 Å². The van der Waals surface area contributed by atoms with Gasteiger partial charge in [-0.05, 0) is 27.1 Å². The van der Waals surface area contributed by atoms with Gasteiger partial charge >= 0.3 is 6.03 Å². The Morgan fingerprint density at radius 3 is 2.33 bits per heavy atom. The Kier molecular flexibility index (Phi) is 5.55. The van der Waals surface area contributed by atoms with Crippen molar-refractivity contribution in [2.45, 2.75) is 13.0 Å². The fraction of sp³-hybridized carbons (Fsp3) is 0.211. The predicted molar refractivity (Wildman–Crippen MR) is 99.7 cm³/mol. The quantitative estimate of drug-likeness (QED) is 0.696. The molecule has 0 aliphatic heterocycles. The monoisotopic (exact) mass is 364 g/mol. The number of hydrogen-bond donors (Lipinski definition) is 1. The Hall–Kier alpha value is -3.55. The number of rotatable bonds is 5. The lowest BCUT2D eigenvalue weighted by Gasteiger charge is -2.10. The lowest BCUT2D eigenvalue weighted by Crippen LogP contribution is -2.32. The van der Waals surface area contributed by atoms with Crippen LogP contribution in [0.2, 0.25) is 0 Å². The van der Waals surface area contributed by atoms with Crippen molar-refractivity contribution in [3.05, 3.63) is 66.0 Å². The van der Waals surface area contributed by atoms with Crippen LogP contribution in [0.3, 0.4) is 0 Å². The SMILES string of the molecule is CN(C)C(=O)n1nnnc1CNC(=O)Cc1ccc(-c2ccccc2)cc1. The lowest BCUT2D eigenvalue weighted by molar-refractivity contribution is -0.120. The number of hydrogen-bond acceptors (Lipinski definition) is 5. The second-order valence-electron chi connectivity index (χ2n) is 6.20. The molecule has 0 spiro atoms. The maximum absolute atomic E-state index is 12.2. The summed E-state index contributed by atoms with van der Waals surface area (Å²) in [5, 5.41) is 13.7. The normalized spacial score (nSPS) is 10.4. The highest BCUT2D eigenvalue weighted by Gasteiger charge is 2.16. The van der Waals surface area contributed by atoms with Gasteiger partial charge in [0.1, 0.15) is 0 Å². The molecule has 27 heavy (non-hydrogen) atoms. The van der Waals surface area contributed by atoms with Gasteiger partial charge in [-0.2, -0.15) is 0 Å². The average molecular weight is 364 g/mol. The van der Waals surface area contributed by atoms with Gasteiger partial charge in [0.05, 0.1) is 13.0 Å². The second-order valence-corrected chi connectivity index (χ2v) is 6.20. The number of benzene rings is 2. The standard InChI is InChI=1S/C19H20N6O2/c1-24(2)19(27)25-17(21-22-23-25)13-20-18(26)12-14-8-10-16(11-9-14)15-6-4-3-5-7-15/h3-11H,12-13H2,1-2H3,(H,20,26). The summed E-state index contributed by atoms with van der Waals surface area (Å²) in [4.78, 5) is 25.5. The molecule has 2 amide bonds. The molecule has 138 valence electrons. The van der Waals surface area contributed by atoms with Gasteiger partial charge in [0.2, 0.25) is 5.91 Å². The molecule has 3 aromatic rings. The number of carbonyl (C=O) groups excluding carboxylic acids is 2. The molecule has 3 rings (SSSR count). The maximum Gasteiger partial charge on any atom is 0.347 e. The zero-order chi connectivity index (χ0) is 19.2. The maximum atomic E-state index is 12.2. The van der Waals surface area contributed by atoms with Crippen molar-refractivity contribution in [3.8, 4) is 11.1 Å². The third-order valence-corrected chi connectivity index (χ3v) is 3.97. The van der Waals surface area contributed by atoms with Crippen molar-refractivity contribution < 1.29 is 9.59 Å². The number of amides is 2. The zero-order valence-electron chi connectivity index (χ0n) is 15.2. The predicted octanol–water partition coefficient (Wildman–Crippen LogP) is 1.73. The van der Waals surface area contributed by atoms with Crippen LogP contribution in [-0.4, -0.2) is 51.1 Å². The largest absolute Gasteiger partial charge is 0.348 e. The van der Waals surface area contributed by atoms with Crippen LogP contribution in [0.4, 0.5) is 4.79 Å². The highest BCUT2D eigenvalue weighted by atomic mass is 16.2. The van der Waals surface area contributed by atoms with Gasteiger partial charge in [0.25, 0.3) is 0 Å². The minimum absolute atomic E-state index is 0.0769. The molecule has 1 heterocycles. The summed E-state index contributed by atoms with van der Waals surface area (Å²) >= 11 is 0. The van der Waals surface area contributed by atoms with E-state index in [0.717, 1.165) is 21.4 Å². The summed E-state index contributed by atoms with van der Waals surface area (Å²) in [5.74, 6) is 0.107. The van der Waals surface area contributed by atoms with Crippen LogP contribution in [0.25, 0.3) is 11.1 Å². The van der Waals surface area contributed by atoms with Crippen molar-refractivity contribution in [2.24, 2.45) is 0 Å².